The van der Waals surface area contributed by atoms with Gasteiger partial charge in [-0.25, -0.2) is 32.5 Å². The average molecular weight is 600 g/mol. The number of fused-ring (bicyclic) bond motifs is 1. The number of nitrogens with one attached hydrogen (secondary N) is 1. The van der Waals surface area contributed by atoms with E-state index in [4.69, 9.17) is 25.2 Å². The number of nitrogens with zero attached hydrogens (tertiary/aromatic N) is 7. The minimum Gasteiger partial charge on any atom is -0.379 e. The third-order valence-electron chi connectivity index (χ3n) is 7.67. The smallest absolute Gasteiger partial charge is 0.240 e. The van der Waals surface area contributed by atoms with Crippen LogP contribution in [0.15, 0.2) is 35.5 Å². The van der Waals surface area contributed by atoms with Gasteiger partial charge in [0, 0.05) is 80.6 Å². The van der Waals surface area contributed by atoms with Gasteiger partial charge in [-0.3, -0.25) is 4.90 Å². The van der Waals surface area contributed by atoms with Crippen molar-refractivity contribution in [2.24, 2.45) is 0 Å². The van der Waals surface area contributed by atoms with E-state index in [0.717, 1.165) is 18.7 Å². The molecular weight excluding hydrogens is 565 g/mol. The molecule has 6 rings (SSSR count). The number of hydrogen-bond donors (Lipinski definition) is 2. The number of benzene rings is 1. The van der Waals surface area contributed by atoms with Gasteiger partial charge in [-0.1, -0.05) is 0 Å². The molecule has 3 N–H and O–H groups in total. The fourth-order valence-electron chi connectivity index (χ4n) is 5.43. The summed E-state index contributed by atoms with van der Waals surface area (Å²) in [5.41, 5.74) is 8.83. The molecule has 0 aliphatic carbocycles. The molecule has 0 radical (unpaired) electrons. The van der Waals surface area contributed by atoms with Crippen LogP contribution in [0.1, 0.15) is 11.1 Å². The topological polar surface area (TPSA) is 152 Å². The summed E-state index contributed by atoms with van der Waals surface area (Å²) >= 11 is 0. The third-order valence-corrected chi connectivity index (χ3v) is 9.13. The second kappa shape index (κ2) is 12.4. The molecule has 0 unspecified atom stereocenters. The Bertz CT molecular complexity index is 1510. The van der Waals surface area contributed by atoms with Crippen LogP contribution < -0.4 is 20.3 Å². The molecule has 2 aromatic heterocycles. The summed E-state index contributed by atoms with van der Waals surface area (Å²) in [7, 11) is -3.82. The summed E-state index contributed by atoms with van der Waals surface area (Å²) in [5, 5.41) is 0. The quantitative estimate of drug-likeness (QED) is 0.363. The predicted molar refractivity (Wildman–Crippen MR) is 155 cm³/mol. The van der Waals surface area contributed by atoms with E-state index < -0.39 is 16.7 Å². The van der Waals surface area contributed by atoms with Crippen LogP contribution in [0.25, 0.3) is 11.3 Å². The number of nitrogens with two attached hydrogens (primary N) is 1. The van der Waals surface area contributed by atoms with Crippen molar-refractivity contribution in [3.8, 4) is 11.3 Å². The molecule has 13 nitrogen and oxygen atoms in total. The Balaban J connectivity index is 1.30. The zero-order valence-electron chi connectivity index (χ0n) is 23.2. The monoisotopic (exact) mass is 599 g/mol. The van der Waals surface area contributed by atoms with Crippen molar-refractivity contribution in [1.29, 1.82) is 0 Å². The third kappa shape index (κ3) is 6.01. The number of nitrogen functional groups attached to an aromatic ring is 1. The number of ether oxygens (including phenoxy) is 2. The van der Waals surface area contributed by atoms with E-state index in [1.807, 2.05) is 4.90 Å². The van der Waals surface area contributed by atoms with E-state index in [9.17, 15) is 12.8 Å². The van der Waals surface area contributed by atoms with Gasteiger partial charge in [0.05, 0.1) is 37.0 Å². The minimum atomic E-state index is -3.82. The Morgan fingerprint density at radius 2 is 1.69 bits per heavy atom. The molecule has 2 saturated heterocycles. The second-order valence-electron chi connectivity index (χ2n) is 10.3. The first kappa shape index (κ1) is 28.6. The molecule has 2 fully saturated rings. The largest absolute Gasteiger partial charge is 0.379 e. The normalized spacial score (nSPS) is 17.9. The highest BCUT2D eigenvalue weighted by molar-refractivity contribution is 7.89. The van der Waals surface area contributed by atoms with Crippen LogP contribution in [0.5, 0.6) is 0 Å². The Hall–Kier alpha value is -3.50. The van der Waals surface area contributed by atoms with Crippen LogP contribution in [0.4, 0.5) is 27.8 Å². The van der Waals surface area contributed by atoms with Crippen LogP contribution in [-0.4, -0.2) is 105 Å². The summed E-state index contributed by atoms with van der Waals surface area (Å²) in [6, 6.07) is 4.58. The van der Waals surface area contributed by atoms with Crippen molar-refractivity contribution in [1.82, 2.24) is 29.6 Å². The number of hydrogen-bond acceptors (Lipinski definition) is 12. The molecule has 42 heavy (non-hydrogen) atoms. The number of alkyl halides is 1. The Kier molecular flexibility index (Phi) is 8.44. The highest BCUT2D eigenvalue weighted by Crippen LogP contribution is 2.41. The Morgan fingerprint density at radius 1 is 0.976 bits per heavy atom. The second-order valence-corrected chi connectivity index (χ2v) is 12.0. The molecule has 0 spiro atoms. The van der Waals surface area contributed by atoms with E-state index in [1.165, 1.54) is 12.1 Å². The zero-order valence-corrected chi connectivity index (χ0v) is 24.0. The van der Waals surface area contributed by atoms with Gasteiger partial charge in [0.1, 0.15) is 12.5 Å². The zero-order chi connectivity index (χ0) is 29.1. The Morgan fingerprint density at radius 3 is 2.40 bits per heavy atom. The van der Waals surface area contributed by atoms with Crippen LogP contribution in [0.3, 0.4) is 0 Å². The first-order valence-electron chi connectivity index (χ1n) is 14.0. The van der Waals surface area contributed by atoms with Crippen molar-refractivity contribution in [3.05, 3.63) is 41.7 Å². The van der Waals surface area contributed by atoms with Crippen molar-refractivity contribution in [2.75, 3.05) is 87.8 Å². The summed E-state index contributed by atoms with van der Waals surface area (Å²) < 4.78 is 54.1. The lowest BCUT2D eigenvalue weighted by molar-refractivity contribution is 0.0390. The minimum absolute atomic E-state index is 0.0247. The number of halogens is 1. The molecule has 0 bridgehead atoms. The molecule has 0 amide bonds. The van der Waals surface area contributed by atoms with Gasteiger partial charge in [-0.05, 0) is 24.6 Å². The maximum absolute atomic E-state index is 14.5. The predicted octanol–water partition coefficient (Wildman–Crippen LogP) is 1.13. The van der Waals surface area contributed by atoms with Crippen LogP contribution in [0, 0.1) is 0 Å². The fraction of sp³-hybridized carbons (Fsp3) is 0.481. The SMILES string of the molecule is Nc1ncc(-c2nc(N3CCOCC3)nc3c2CCN3c2ccc(S(=O)(=O)NCCN3CCOCC3)cc2CF)cn1. The molecule has 224 valence electrons. The van der Waals surface area contributed by atoms with E-state index >= 15 is 0 Å². The van der Waals surface area contributed by atoms with Crippen LogP contribution in [0.2, 0.25) is 0 Å². The van der Waals surface area contributed by atoms with Crippen molar-refractivity contribution in [2.45, 2.75) is 18.0 Å². The Labute approximate surface area is 243 Å². The molecule has 1 aromatic carbocycles. The lowest BCUT2D eigenvalue weighted by Gasteiger charge is -2.29. The van der Waals surface area contributed by atoms with E-state index in [2.05, 4.69) is 24.5 Å². The lowest BCUT2D eigenvalue weighted by atomic mass is 10.1. The molecular formula is C27H34FN9O4S. The van der Waals surface area contributed by atoms with Gasteiger partial charge in [-0.15, -0.1) is 0 Å². The maximum atomic E-state index is 14.5. The van der Waals surface area contributed by atoms with Crippen molar-refractivity contribution >= 4 is 33.4 Å². The maximum Gasteiger partial charge on any atom is 0.240 e. The average Bonchev–Trinajstić information content (AvgIpc) is 3.45. The first-order chi connectivity index (χ1) is 20.4. The number of morpholine rings is 2. The van der Waals surface area contributed by atoms with Crippen LogP contribution >= 0.6 is 0 Å². The summed E-state index contributed by atoms with van der Waals surface area (Å²) in [4.78, 5) is 24.3. The van der Waals surface area contributed by atoms with E-state index in [1.54, 1.807) is 18.5 Å². The number of aromatic nitrogens is 4. The fourth-order valence-corrected chi connectivity index (χ4v) is 6.50. The van der Waals surface area contributed by atoms with Gasteiger partial charge in [0.2, 0.25) is 21.9 Å². The van der Waals surface area contributed by atoms with Gasteiger partial charge < -0.3 is 25.0 Å². The molecule has 3 aliphatic rings. The summed E-state index contributed by atoms with van der Waals surface area (Å²) in [6.07, 6.45) is 3.87. The molecule has 3 aromatic rings. The molecule has 3 aliphatic heterocycles. The van der Waals surface area contributed by atoms with Crippen molar-refractivity contribution in [3.63, 3.8) is 0 Å². The summed E-state index contributed by atoms with van der Waals surface area (Å²) in [5.74, 6) is 1.34. The number of sulfonamides is 1. The molecule has 5 heterocycles. The van der Waals surface area contributed by atoms with E-state index in [0.29, 0.717) is 87.7 Å². The molecule has 0 atom stereocenters. The van der Waals surface area contributed by atoms with Gasteiger partial charge >= 0.3 is 0 Å². The molecule has 0 saturated carbocycles. The van der Waals surface area contributed by atoms with Crippen molar-refractivity contribution < 1.29 is 22.3 Å². The van der Waals surface area contributed by atoms with E-state index in [-0.39, 0.29) is 23.0 Å². The first-order valence-corrected chi connectivity index (χ1v) is 15.5. The van der Waals surface area contributed by atoms with Gasteiger partial charge in [-0.2, -0.15) is 4.98 Å². The summed E-state index contributed by atoms with van der Waals surface area (Å²) in [6.45, 7) is 5.74. The lowest BCUT2D eigenvalue weighted by Crippen LogP contribution is -2.41. The van der Waals surface area contributed by atoms with Gasteiger partial charge in [0.15, 0.2) is 0 Å². The number of anilines is 4. The number of rotatable bonds is 9. The highest BCUT2D eigenvalue weighted by Gasteiger charge is 2.31. The molecule has 15 heteroatoms. The highest BCUT2D eigenvalue weighted by atomic mass is 32.2. The van der Waals surface area contributed by atoms with Gasteiger partial charge in [0.25, 0.3) is 0 Å². The standard InChI is InChI=1S/C27H34FN9O4S/c28-16-19-15-21(42(38,39)32-4-6-35-7-11-40-12-8-35)1-2-23(19)37-5-3-22-24(20-17-30-26(29)31-18-20)33-27(34-25(22)37)36-9-13-41-14-10-36/h1-2,15,17-18,32H,3-14,16H2,(H2,29,30,31). The van der Waals surface area contributed by atoms with Crippen LogP contribution in [-0.2, 0) is 32.6 Å².